The molecule has 6 heteroatoms. The van der Waals surface area contributed by atoms with Gasteiger partial charge in [-0.05, 0) is 55.5 Å². The van der Waals surface area contributed by atoms with Crippen molar-refractivity contribution in [3.05, 3.63) is 101 Å². The summed E-state index contributed by atoms with van der Waals surface area (Å²) in [4.78, 5) is 25.8. The highest BCUT2D eigenvalue weighted by Gasteiger charge is 2.47. The second-order valence-electron chi connectivity index (χ2n) is 7.46. The standard InChI is InChI=1S/C25H23N3O3/c1-17-7-6-10-20(15-17)24(29)26-22-23(19-11-13-21(31-2)14-12-19)28(27-25(22)30)16-18-8-4-3-5-9-18/h3-16,22-23H,1-2H3,(H-,26,27,29,30)/p+1/b28-16-/t22-,23-/m0/s1. The topological polar surface area (TPSA) is 70.4 Å². The zero-order valence-corrected chi connectivity index (χ0v) is 17.4. The first kappa shape index (κ1) is 20.3. The average molecular weight is 414 g/mol. The van der Waals surface area contributed by atoms with Crippen LogP contribution in [-0.4, -0.2) is 35.9 Å². The number of nitrogens with one attached hydrogen (secondary N) is 2. The Bertz CT molecular complexity index is 1120. The molecule has 0 saturated carbocycles. The Kier molecular flexibility index (Phi) is 5.80. The summed E-state index contributed by atoms with van der Waals surface area (Å²) in [5, 5.41) is 2.92. The molecule has 2 amide bonds. The first-order valence-corrected chi connectivity index (χ1v) is 10.1. The molecular weight excluding hydrogens is 390 g/mol. The van der Waals surface area contributed by atoms with E-state index in [9.17, 15) is 9.59 Å². The highest BCUT2D eigenvalue weighted by atomic mass is 16.5. The maximum Gasteiger partial charge on any atom is 0.304 e. The predicted molar refractivity (Wildman–Crippen MR) is 118 cm³/mol. The number of hydrogen-bond donors (Lipinski definition) is 2. The summed E-state index contributed by atoms with van der Waals surface area (Å²) in [6.07, 6.45) is 1.87. The van der Waals surface area contributed by atoms with Crippen molar-refractivity contribution in [3.8, 4) is 5.75 Å². The lowest BCUT2D eigenvalue weighted by Gasteiger charge is -2.15. The molecule has 1 fully saturated rings. The van der Waals surface area contributed by atoms with Crippen LogP contribution in [0.1, 0.15) is 33.1 Å². The fourth-order valence-corrected chi connectivity index (χ4v) is 3.69. The maximum atomic E-state index is 12.9. The van der Waals surface area contributed by atoms with E-state index in [1.165, 1.54) is 0 Å². The van der Waals surface area contributed by atoms with Gasteiger partial charge in [-0.25, -0.2) is 0 Å². The average Bonchev–Trinajstić information content (AvgIpc) is 3.09. The van der Waals surface area contributed by atoms with Crippen molar-refractivity contribution in [2.45, 2.75) is 19.0 Å². The van der Waals surface area contributed by atoms with E-state index in [2.05, 4.69) is 10.7 Å². The van der Waals surface area contributed by atoms with E-state index in [0.717, 1.165) is 22.4 Å². The molecule has 3 aromatic rings. The molecule has 0 spiro atoms. The van der Waals surface area contributed by atoms with E-state index in [-0.39, 0.29) is 11.8 Å². The van der Waals surface area contributed by atoms with Crippen molar-refractivity contribution in [2.24, 2.45) is 0 Å². The lowest BCUT2D eigenvalue weighted by atomic mass is 9.99. The van der Waals surface area contributed by atoms with Gasteiger partial charge in [0.15, 0.2) is 6.04 Å². The number of benzene rings is 3. The molecule has 1 aliphatic rings. The van der Waals surface area contributed by atoms with Crippen LogP contribution in [0.3, 0.4) is 0 Å². The van der Waals surface area contributed by atoms with Crippen molar-refractivity contribution in [1.29, 1.82) is 0 Å². The van der Waals surface area contributed by atoms with E-state index in [0.29, 0.717) is 5.56 Å². The molecule has 0 aliphatic carbocycles. The van der Waals surface area contributed by atoms with Gasteiger partial charge in [0.05, 0.1) is 7.11 Å². The number of aryl methyl sites for hydroxylation is 1. The Morgan fingerprint density at radius 2 is 1.77 bits per heavy atom. The van der Waals surface area contributed by atoms with Crippen LogP contribution in [0.25, 0.3) is 0 Å². The number of amides is 2. The van der Waals surface area contributed by atoms with Gasteiger partial charge in [0.1, 0.15) is 5.75 Å². The molecule has 2 atom stereocenters. The van der Waals surface area contributed by atoms with E-state index >= 15 is 0 Å². The molecular formula is C25H24N3O3+. The van der Waals surface area contributed by atoms with Crippen molar-refractivity contribution < 1.29 is 19.0 Å². The second kappa shape index (κ2) is 8.83. The van der Waals surface area contributed by atoms with Crippen LogP contribution in [0.4, 0.5) is 0 Å². The molecule has 31 heavy (non-hydrogen) atoms. The van der Waals surface area contributed by atoms with E-state index in [1.807, 2.05) is 79.9 Å². The molecule has 6 nitrogen and oxygen atoms in total. The van der Waals surface area contributed by atoms with Crippen LogP contribution in [-0.2, 0) is 4.79 Å². The monoisotopic (exact) mass is 414 g/mol. The molecule has 1 saturated heterocycles. The Labute approximate surface area is 181 Å². The molecule has 0 unspecified atom stereocenters. The quantitative estimate of drug-likeness (QED) is 0.631. The SMILES string of the molecule is COc1ccc([C@H]2[C@H](NC(=O)c3cccc(C)c3)C(=O)N/[N+]2=C\c2ccccc2)cc1. The predicted octanol–water partition coefficient (Wildman–Crippen LogP) is 3.02. The normalized spacial score (nSPS) is 19.2. The van der Waals surface area contributed by atoms with E-state index < -0.39 is 12.1 Å². The molecule has 4 rings (SSSR count). The number of methoxy groups -OCH3 is 1. The third-order valence-corrected chi connectivity index (χ3v) is 5.25. The molecule has 0 radical (unpaired) electrons. The van der Waals surface area contributed by atoms with Gasteiger partial charge in [-0.3, -0.25) is 9.59 Å². The first-order valence-electron chi connectivity index (χ1n) is 10.1. The van der Waals surface area contributed by atoms with Gasteiger partial charge in [0, 0.05) is 16.7 Å². The largest absolute Gasteiger partial charge is 0.497 e. The van der Waals surface area contributed by atoms with Gasteiger partial charge < -0.3 is 10.1 Å². The second-order valence-corrected chi connectivity index (χ2v) is 7.46. The minimum absolute atomic E-state index is 0.269. The Morgan fingerprint density at radius 3 is 2.45 bits per heavy atom. The maximum absolute atomic E-state index is 12.9. The zero-order chi connectivity index (χ0) is 21.8. The van der Waals surface area contributed by atoms with Crippen molar-refractivity contribution >= 4 is 18.0 Å². The van der Waals surface area contributed by atoms with Crippen molar-refractivity contribution in [2.75, 3.05) is 7.11 Å². The van der Waals surface area contributed by atoms with Crippen LogP contribution in [0.2, 0.25) is 0 Å². The number of rotatable bonds is 5. The van der Waals surface area contributed by atoms with Gasteiger partial charge in [0.25, 0.3) is 5.91 Å². The van der Waals surface area contributed by atoms with Gasteiger partial charge in [0.2, 0.25) is 12.3 Å². The zero-order valence-electron chi connectivity index (χ0n) is 17.4. The molecule has 1 heterocycles. The fourth-order valence-electron chi connectivity index (χ4n) is 3.69. The van der Waals surface area contributed by atoms with Crippen LogP contribution < -0.4 is 15.5 Å². The smallest absolute Gasteiger partial charge is 0.304 e. The summed E-state index contributed by atoms with van der Waals surface area (Å²) in [5.41, 5.74) is 6.20. The highest BCUT2D eigenvalue weighted by molar-refractivity contribution is 5.98. The van der Waals surface area contributed by atoms with E-state index in [1.54, 1.807) is 23.9 Å². The van der Waals surface area contributed by atoms with Gasteiger partial charge >= 0.3 is 5.91 Å². The van der Waals surface area contributed by atoms with Crippen LogP contribution in [0.15, 0.2) is 78.9 Å². The van der Waals surface area contributed by atoms with Crippen molar-refractivity contribution in [1.82, 2.24) is 10.7 Å². The minimum atomic E-state index is -0.763. The summed E-state index contributed by atoms with van der Waals surface area (Å²) in [6.45, 7) is 1.93. The van der Waals surface area contributed by atoms with Crippen LogP contribution >= 0.6 is 0 Å². The molecule has 0 bridgehead atoms. The Morgan fingerprint density at radius 1 is 1.03 bits per heavy atom. The Hall–Kier alpha value is -3.93. The Balaban J connectivity index is 1.70. The fraction of sp³-hybridized carbons (Fsp3) is 0.160. The number of nitrogens with zero attached hydrogens (tertiary/aromatic N) is 1. The molecule has 156 valence electrons. The van der Waals surface area contributed by atoms with Crippen LogP contribution in [0.5, 0.6) is 5.75 Å². The number of hydrazone groups is 1. The molecule has 0 aromatic heterocycles. The van der Waals surface area contributed by atoms with Gasteiger partial charge in [-0.2, -0.15) is 0 Å². The highest BCUT2D eigenvalue weighted by Crippen LogP contribution is 2.27. The molecule has 1 aliphatic heterocycles. The first-order chi connectivity index (χ1) is 15.0. The summed E-state index contributed by atoms with van der Waals surface area (Å²) in [6, 6.07) is 23.3. The number of carbonyl (C=O) groups is 2. The minimum Gasteiger partial charge on any atom is -0.497 e. The molecule has 3 aromatic carbocycles. The third-order valence-electron chi connectivity index (χ3n) is 5.25. The van der Waals surface area contributed by atoms with Gasteiger partial charge in [-0.15, -0.1) is 10.1 Å². The van der Waals surface area contributed by atoms with Gasteiger partial charge in [-0.1, -0.05) is 35.9 Å². The summed E-state index contributed by atoms with van der Waals surface area (Å²) < 4.78 is 7.01. The summed E-state index contributed by atoms with van der Waals surface area (Å²) in [5.74, 6) is 0.165. The lowest BCUT2D eigenvalue weighted by molar-refractivity contribution is -0.596. The summed E-state index contributed by atoms with van der Waals surface area (Å²) >= 11 is 0. The lowest BCUT2D eigenvalue weighted by Crippen LogP contribution is -2.42. The number of hydrogen-bond acceptors (Lipinski definition) is 3. The van der Waals surface area contributed by atoms with Crippen molar-refractivity contribution in [3.63, 3.8) is 0 Å². The molecule has 2 N–H and O–H groups in total. The summed E-state index contributed by atoms with van der Waals surface area (Å²) in [7, 11) is 1.61. The number of carbonyl (C=O) groups excluding carboxylic acids is 2. The third kappa shape index (κ3) is 4.48. The van der Waals surface area contributed by atoms with Crippen LogP contribution in [0, 0.1) is 6.92 Å². The number of hydrazine groups is 1. The van der Waals surface area contributed by atoms with E-state index in [4.69, 9.17) is 4.74 Å². The number of ether oxygens (including phenoxy) is 1.